The van der Waals surface area contributed by atoms with Crippen LogP contribution in [0.15, 0.2) is 42.6 Å². The summed E-state index contributed by atoms with van der Waals surface area (Å²) in [6.45, 7) is 6.48. The van der Waals surface area contributed by atoms with Crippen LogP contribution in [-0.4, -0.2) is 72.6 Å². The number of carbonyl (C=O) groups excluding carboxylic acids is 2. The number of nitrogens with zero attached hydrogens (tertiary/aromatic N) is 3. The summed E-state index contributed by atoms with van der Waals surface area (Å²) >= 11 is 0. The van der Waals surface area contributed by atoms with E-state index in [-0.39, 0.29) is 6.04 Å². The standard InChI is InChI=1S/C22H31N5O3/c1-4-30-20-10-6-5-8-17(20)24-22(29)21(28)23-16-19(18-9-7-11-26(18)3)27-14-12-25(2)13-15-27/h5-11,19H,4,12-16H2,1-3H3,(H,23,28)(H,24,29)/t19-/m1/s1. The average Bonchev–Trinajstić information content (AvgIpc) is 3.16. The third-order valence-electron chi connectivity index (χ3n) is 5.40. The largest absolute Gasteiger partial charge is 0.492 e. The number of ether oxygens (including phenoxy) is 1. The van der Waals surface area contributed by atoms with Gasteiger partial charge in [-0.1, -0.05) is 12.1 Å². The number of rotatable bonds is 7. The summed E-state index contributed by atoms with van der Waals surface area (Å²) in [6.07, 6.45) is 2.00. The number of aryl methyl sites for hydroxylation is 1. The molecule has 0 saturated carbocycles. The van der Waals surface area contributed by atoms with Crippen molar-refractivity contribution in [3.63, 3.8) is 0 Å². The lowest BCUT2D eigenvalue weighted by Gasteiger charge is -2.38. The van der Waals surface area contributed by atoms with E-state index < -0.39 is 11.8 Å². The predicted octanol–water partition coefficient (Wildman–Crippen LogP) is 1.47. The minimum atomic E-state index is -0.703. The Bertz CT molecular complexity index is 858. The monoisotopic (exact) mass is 413 g/mol. The van der Waals surface area contributed by atoms with E-state index >= 15 is 0 Å². The van der Waals surface area contributed by atoms with E-state index in [1.807, 2.05) is 32.3 Å². The third kappa shape index (κ3) is 5.40. The first-order valence-electron chi connectivity index (χ1n) is 10.3. The summed E-state index contributed by atoms with van der Waals surface area (Å²) in [7, 11) is 4.11. The second-order valence-electron chi connectivity index (χ2n) is 7.49. The first-order chi connectivity index (χ1) is 14.5. The van der Waals surface area contributed by atoms with Crippen LogP contribution >= 0.6 is 0 Å². The minimum absolute atomic E-state index is 0.00570. The number of aromatic nitrogens is 1. The molecule has 1 fully saturated rings. The molecular formula is C22H31N5O3. The molecule has 1 aromatic heterocycles. The molecule has 1 aliphatic rings. The maximum absolute atomic E-state index is 12.5. The molecule has 2 amide bonds. The lowest BCUT2D eigenvalue weighted by atomic mass is 10.1. The van der Waals surface area contributed by atoms with Gasteiger partial charge in [-0.2, -0.15) is 0 Å². The first-order valence-corrected chi connectivity index (χ1v) is 10.3. The van der Waals surface area contributed by atoms with E-state index in [1.54, 1.807) is 18.2 Å². The van der Waals surface area contributed by atoms with Gasteiger partial charge in [-0.3, -0.25) is 14.5 Å². The fourth-order valence-electron chi connectivity index (χ4n) is 3.67. The summed E-state index contributed by atoms with van der Waals surface area (Å²) in [5.74, 6) is -0.818. The molecule has 0 aliphatic carbocycles. The molecule has 1 saturated heterocycles. The predicted molar refractivity (Wildman–Crippen MR) is 116 cm³/mol. The van der Waals surface area contributed by atoms with Gasteiger partial charge in [0, 0.05) is 51.7 Å². The van der Waals surface area contributed by atoms with Crippen LogP contribution in [0, 0.1) is 0 Å². The van der Waals surface area contributed by atoms with Crippen molar-refractivity contribution in [3.05, 3.63) is 48.3 Å². The Morgan fingerprint density at radius 3 is 2.43 bits per heavy atom. The Hall–Kier alpha value is -2.84. The van der Waals surface area contributed by atoms with Gasteiger partial charge in [-0.15, -0.1) is 0 Å². The molecule has 162 valence electrons. The summed E-state index contributed by atoms with van der Waals surface area (Å²) in [6, 6.07) is 11.1. The molecule has 0 radical (unpaired) electrons. The molecule has 2 N–H and O–H groups in total. The number of nitrogens with one attached hydrogen (secondary N) is 2. The summed E-state index contributed by atoms with van der Waals surface area (Å²) in [5.41, 5.74) is 1.60. The van der Waals surface area contributed by atoms with Crippen molar-refractivity contribution in [2.45, 2.75) is 13.0 Å². The maximum Gasteiger partial charge on any atom is 0.313 e. The van der Waals surface area contributed by atoms with Crippen molar-refractivity contribution in [3.8, 4) is 5.75 Å². The van der Waals surface area contributed by atoms with Crippen molar-refractivity contribution in [1.29, 1.82) is 0 Å². The van der Waals surface area contributed by atoms with Crippen LogP contribution in [-0.2, 0) is 16.6 Å². The van der Waals surface area contributed by atoms with Crippen molar-refractivity contribution >= 4 is 17.5 Å². The number of piperazine rings is 1. The van der Waals surface area contributed by atoms with Crippen LogP contribution in [0.2, 0.25) is 0 Å². The zero-order valence-corrected chi connectivity index (χ0v) is 17.9. The van der Waals surface area contributed by atoms with Crippen LogP contribution < -0.4 is 15.4 Å². The van der Waals surface area contributed by atoms with Gasteiger partial charge in [0.05, 0.1) is 18.3 Å². The molecule has 1 aromatic carbocycles. The lowest BCUT2D eigenvalue weighted by Crippen LogP contribution is -2.49. The fraction of sp³-hybridized carbons (Fsp3) is 0.455. The van der Waals surface area contributed by atoms with Crippen molar-refractivity contribution in [2.75, 3.05) is 51.7 Å². The van der Waals surface area contributed by atoms with Crippen LogP contribution in [0.25, 0.3) is 0 Å². The minimum Gasteiger partial charge on any atom is -0.492 e. The van der Waals surface area contributed by atoms with Gasteiger partial charge in [0.1, 0.15) is 5.75 Å². The van der Waals surface area contributed by atoms with Gasteiger partial charge in [0.25, 0.3) is 0 Å². The molecule has 1 atom stereocenters. The normalized spacial score (nSPS) is 16.1. The highest BCUT2D eigenvalue weighted by molar-refractivity contribution is 6.39. The Labute approximate surface area is 177 Å². The fourth-order valence-corrected chi connectivity index (χ4v) is 3.67. The molecule has 2 heterocycles. The zero-order valence-electron chi connectivity index (χ0n) is 17.9. The van der Waals surface area contributed by atoms with Gasteiger partial charge in [-0.05, 0) is 38.2 Å². The van der Waals surface area contributed by atoms with Crippen LogP contribution in [0.5, 0.6) is 5.75 Å². The van der Waals surface area contributed by atoms with Crippen LogP contribution in [0.4, 0.5) is 5.69 Å². The Balaban J connectivity index is 1.64. The second kappa shape index (κ2) is 10.3. The van der Waals surface area contributed by atoms with E-state index in [1.165, 1.54) is 0 Å². The van der Waals surface area contributed by atoms with Gasteiger partial charge in [-0.25, -0.2) is 0 Å². The number of carbonyl (C=O) groups is 2. The van der Waals surface area contributed by atoms with Gasteiger partial charge in [0.2, 0.25) is 0 Å². The molecule has 8 heteroatoms. The molecule has 3 rings (SSSR count). The Morgan fingerprint density at radius 1 is 1.03 bits per heavy atom. The number of hydrogen-bond acceptors (Lipinski definition) is 5. The SMILES string of the molecule is CCOc1ccccc1NC(=O)C(=O)NC[C@H](c1cccn1C)N1CCN(C)CC1. The molecule has 0 spiro atoms. The quantitative estimate of drug-likeness (QED) is 0.672. The Kier molecular flexibility index (Phi) is 7.48. The summed E-state index contributed by atoms with van der Waals surface area (Å²) < 4.78 is 7.57. The highest BCUT2D eigenvalue weighted by Gasteiger charge is 2.27. The first kappa shape index (κ1) is 21.9. The van der Waals surface area contributed by atoms with Crippen molar-refractivity contribution < 1.29 is 14.3 Å². The zero-order chi connectivity index (χ0) is 21.5. The van der Waals surface area contributed by atoms with Gasteiger partial charge >= 0.3 is 11.8 Å². The Morgan fingerprint density at radius 2 is 1.77 bits per heavy atom. The van der Waals surface area contributed by atoms with Gasteiger partial charge < -0.3 is 24.8 Å². The highest BCUT2D eigenvalue weighted by atomic mass is 16.5. The number of anilines is 1. The maximum atomic E-state index is 12.5. The number of para-hydroxylation sites is 2. The molecule has 8 nitrogen and oxygen atoms in total. The number of amides is 2. The average molecular weight is 414 g/mol. The highest BCUT2D eigenvalue weighted by Crippen LogP contribution is 2.24. The number of benzene rings is 1. The van der Waals surface area contributed by atoms with E-state index in [0.717, 1.165) is 31.9 Å². The van der Waals surface area contributed by atoms with E-state index in [4.69, 9.17) is 4.74 Å². The smallest absolute Gasteiger partial charge is 0.313 e. The van der Waals surface area contributed by atoms with Crippen LogP contribution in [0.3, 0.4) is 0 Å². The number of likely N-dealkylation sites (N-methyl/N-ethyl adjacent to an activating group) is 1. The van der Waals surface area contributed by atoms with E-state index in [0.29, 0.717) is 24.6 Å². The molecule has 0 unspecified atom stereocenters. The summed E-state index contributed by atoms with van der Waals surface area (Å²) in [4.78, 5) is 29.6. The van der Waals surface area contributed by atoms with Crippen molar-refractivity contribution in [1.82, 2.24) is 19.7 Å². The third-order valence-corrected chi connectivity index (χ3v) is 5.40. The molecule has 1 aliphatic heterocycles. The summed E-state index contributed by atoms with van der Waals surface area (Å²) in [5, 5.41) is 5.47. The molecule has 30 heavy (non-hydrogen) atoms. The molecular weight excluding hydrogens is 382 g/mol. The van der Waals surface area contributed by atoms with Crippen LogP contribution in [0.1, 0.15) is 18.7 Å². The number of hydrogen-bond donors (Lipinski definition) is 2. The van der Waals surface area contributed by atoms with E-state index in [9.17, 15) is 9.59 Å². The molecule has 0 bridgehead atoms. The van der Waals surface area contributed by atoms with E-state index in [2.05, 4.69) is 38.1 Å². The molecule has 2 aromatic rings. The second-order valence-corrected chi connectivity index (χ2v) is 7.49. The van der Waals surface area contributed by atoms with Gasteiger partial charge in [0.15, 0.2) is 0 Å². The lowest BCUT2D eigenvalue weighted by molar-refractivity contribution is -0.136. The topological polar surface area (TPSA) is 78.8 Å². The van der Waals surface area contributed by atoms with Crippen molar-refractivity contribution in [2.24, 2.45) is 7.05 Å².